The summed E-state index contributed by atoms with van der Waals surface area (Å²) in [5.41, 5.74) is 4.41. The lowest BCUT2D eigenvalue weighted by atomic mass is 9.81. The first-order valence-electron chi connectivity index (χ1n) is 8.43. The van der Waals surface area contributed by atoms with Crippen LogP contribution < -0.4 is 20.3 Å². The maximum Gasteiger partial charge on any atom is 0.309 e. The third-order valence-corrected chi connectivity index (χ3v) is 9.68. The van der Waals surface area contributed by atoms with Crippen molar-refractivity contribution in [3.05, 3.63) is 33.8 Å². The van der Waals surface area contributed by atoms with Crippen molar-refractivity contribution in [1.82, 2.24) is 10.9 Å². The predicted octanol–water partition coefficient (Wildman–Crippen LogP) is 3.34. The Hall–Kier alpha value is -1.29. The summed E-state index contributed by atoms with van der Waals surface area (Å²) in [4.78, 5) is 33.0. The molecule has 1 saturated carbocycles. The van der Waals surface area contributed by atoms with Crippen LogP contribution in [0.2, 0.25) is 0 Å². The third-order valence-electron chi connectivity index (χ3n) is 5.42. The molecule has 2 amide bonds. The highest BCUT2D eigenvalue weighted by atomic mass is 35.5. The molecule has 1 heterocycles. The number of halogens is 6. The van der Waals surface area contributed by atoms with E-state index >= 15 is 0 Å². The molecule has 1 fully saturated rings. The minimum absolute atomic E-state index is 0.0167. The van der Waals surface area contributed by atoms with Crippen molar-refractivity contribution in [2.45, 2.75) is 14.1 Å². The summed E-state index contributed by atoms with van der Waals surface area (Å²) in [6.07, 6.45) is 0. The molecule has 2 bridgehead atoms. The van der Waals surface area contributed by atoms with Gasteiger partial charge in [0, 0.05) is 5.56 Å². The Labute approximate surface area is 204 Å². The molecule has 0 spiro atoms. The number of rotatable bonds is 3. The molecule has 0 aromatic heterocycles. The van der Waals surface area contributed by atoms with Gasteiger partial charge in [-0.2, -0.15) is 0 Å². The number of hydrogen-bond acceptors (Lipinski definition) is 5. The Balaban J connectivity index is 1.59. The Morgan fingerprint density at radius 2 is 1.52 bits per heavy atom. The molecule has 0 saturated heterocycles. The molecular weight excluding hydrogens is 541 g/mol. The minimum atomic E-state index is -2.25. The van der Waals surface area contributed by atoms with E-state index in [-0.39, 0.29) is 22.4 Å². The van der Waals surface area contributed by atoms with Crippen molar-refractivity contribution in [1.29, 1.82) is 0 Å². The summed E-state index contributed by atoms with van der Waals surface area (Å²) in [6.45, 7) is 0.0167. The molecular formula is C17H10Cl6N2O6. The first-order valence-corrected chi connectivity index (χ1v) is 10.7. The number of aliphatic carboxylic acids is 1. The van der Waals surface area contributed by atoms with Crippen LogP contribution in [0, 0.1) is 11.8 Å². The van der Waals surface area contributed by atoms with E-state index in [1.165, 1.54) is 18.2 Å². The number of alkyl halides is 4. The van der Waals surface area contributed by atoms with E-state index < -0.39 is 43.7 Å². The van der Waals surface area contributed by atoms with Crippen molar-refractivity contribution in [3.8, 4) is 11.5 Å². The molecule has 31 heavy (non-hydrogen) atoms. The van der Waals surface area contributed by atoms with Crippen LogP contribution in [0.4, 0.5) is 0 Å². The standard InChI is InChI=1S/C17H10Cl6N2O6/c18-10-11(19)16(21)9(14(28)29)8(15(10,20)17(16,22)23)13(27)25-24-12(26)5-1-2-6-7(3-5)31-4-30-6/h1-3,8-9H,4H2,(H,24,26)(H,25,27)(H,28,29). The largest absolute Gasteiger partial charge is 0.481 e. The van der Waals surface area contributed by atoms with Gasteiger partial charge >= 0.3 is 5.97 Å². The van der Waals surface area contributed by atoms with Crippen molar-refractivity contribution < 1.29 is 29.0 Å². The van der Waals surface area contributed by atoms with Gasteiger partial charge in [0.1, 0.15) is 9.75 Å². The maximum atomic E-state index is 12.9. The lowest BCUT2D eigenvalue weighted by Gasteiger charge is -2.33. The van der Waals surface area contributed by atoms with Crippen molar-refractivity contribution in [2.24, 2.45) is 11.8 Å². The van der Waals surface area contributed by atoms with Crippen LogP contribution in [-0.4, -0.2) is 43.8 Å². The second-order valence-corrected chi connectivity index (χ2v) is 10.2. The average Bonchev–Trinajstić information content (AvgIpc) is 3.27. The Morgan fingerprint density at radius 1 is 0.935 bits per heavy atom. The van der Waals surface area contributed by atoms with Crippen molar-refractivity contribution in [3.63, 3.8) is 0 Å². The molecule has 3 aliphatic rings. The number of carboxylic acid groups (broad SMARTS) is 1. The van der Waals surface area contributed by atoms with E-state index in [1.54, 1.807) is 0 Å². The number of hydrogen-bond donors (Lipinski definition) is 3. The first kappa shape index (κ1) is 22.9. The second-order valence-electron chi connectivity index (χ2n) is 6.93. The lowest BCUT2D eigenvalue weighted by Crippen LogP contribution is -2.53. The first-order chi connectivity index (χ1) is 14.4. The molecule has 2 aliphatic carbocycles. The van der Waals surface area contributed by atoms with Gasteiger partial charge in [0.2, 0.25) is 12.7 Å². The van der Waals surface area contributed by atoms with Gasteiger partial charge in [0.05, 0.1) is 21.9 Å². The van der Waals surface area contributed by atoms with Crippen molar-refractivity contribution in [2.75, 3.05) is 6.79 Å². The van der Waals surface area contributed by atoms with Crippen LogP contribution in [0.1, 0.15) is 10.4 Å². The van der Waals surface area contributed by atoms with Crippen LogP contribution in [-0.2, 0) is 9.59 Å². The molecule has 0 radical (unpaired) electrons. The van der Waals surface area contributed by atoms with Crippen LogP contribution in [0.3, 0.4) is 0 Å². The Kier molecular flexibility index (Phi) is 5.44. The second kappa shape index (κ2) is 7.37. The van der Waals surface area contributed by atoms with E-state index in [1.807, 2.05) is 0 Å². The van der Waals surface area contributed by atoms with Crippen LogP contribution >= 0.6 is 69.6 Å². The summed E-state index contributed by atoms with van der Waals surface area (Å²) < 4.78 is 8.11. The number of benzene rings is 1. The van der Waals surface area contributed by atoms with Gasteiger partial charge in [0.15, 0.2) is 15.8 Å². The highest BCUT2D eigenvalue weighted by Crippen LogP contribution is 2.76. The summed E-state index contributed by atoms with van der Waals surface area (Å²) >= 11 is 37.9. The number of carbonyl (C=O) groups is 3. The summed E-state index contributed by atoms with van der Waals surface area (Å²) in [7, 11) is 0. The number of fused-ring (bicyclic) bond motifs is 3. The number of amides is 2. The number of nitrogens with one attached hydrogen (secondary N) is 2. The van der Waals surface area contributed by atoms with Gasteiger partial charge < -0.3 is 14.6 Å². The predicted molar refractivity (Wildman–Crippen MR) is 113 cm³/mol. The summed E-state index contributed by atoms with van der Waals surface area (Å²) in [6, 6.07) is 4.35. The lowest BCUT2D eigenvalue weighted by molar-refractivity contribution is -0.147. The number of hydrazine groups is 1. The highest BCUT2D eigenvalue weighted by Gasteiger charge is 2.85. The van der Waals surface area contributed by atoms with Crippen LogP contribution in [0.25, 0.3) is 0 Å². The molecule has 14 heteroatoms. The maximum absolute atomic E-state index is 12.9. The van der Waals surface area contributed by atoms with Gasteiger partial charge in [-0.05, 0) is 18.2 Å². The monoisotopic (exact) mass is 548 g/mol. The number of carbonyl (C=O) groups excluding carboxylic acids is 2. The fraction of sp³-hybridized carbons (Fsp3) is 0.353. The van der Waals surface area contributed by atoms with E-state index in [0.29, 0.717) is 11.5 Å². The van der Waals surface area contributed by atoms with Gasteiger partial charge in [-0.1, -0.05) is 46.4 Å². The SMILES string of the molecule is O=C(NNC(=O)C1C(C(=O)O)C2(Cl)C(Cl)=C(Cl)C1(Cl)C2(Cl)Cl)c1ccc2c(c1)OCO2. The summed E-state index contributed by atoms with van der Waals surface area (Å²) in [5.74, 6) is -5.91. The van der Waals surface area contributed by atoms with Gasteiger partial charge in [-0.25, -0.2) is 0 Å². The zero-order valence-corrected chi connectivity index (χ0v) is 19.4. The number of carboxylic acids is 1. The number of allylic oxidation sites excluding steroid dienone is 2. The normalized spacial score (nSPS) is 32.2. The van der Waals surface area contributed by atoms with E-state index in [0.717, 1.165) is 0 Å². The van der Waals surface area contributed by atoms with Crippen LogP contribution in [0.15, 0.2) is 28.3 Å². The van der Waals surface area contributed by atoms with E-state index in [9.17, 15) is 19.5 Å². The third kappa shape index (κ3) is 2.85. The fourth-order valence-electron chi connectivity index (χ4n) is 3.93. The molecule has 4 unspecified atom stereocenters. The van der Waals surface area contributed by atoms with Gasteiger partial charge in [-0.3, -0.25) is 25.2 Å². The van der Waals surface area contributed by atoms with E-state index in [4.69, 9.17) is 79.1 Å². The van der Waals surface area contributed by atoms with Crippen molar-refractivity contribution >= 4 is 87.4 Å². The van der Waals surface area contributed by atoms with Gasteiger partial charge in [-0.15, -0.1) is 23.2 Å². The Morgan fingerprint density at radius 3 is 2.13 bits per heavy atom. The zero-order valence-electron chi connectivity index (χ0n) is 14.9. The molecule has 4 atom stereocenters. The van der Waals surface area contributed by atoms with Crippen LogP contribution in [0.5, 0.6) is 11.5 Å². The molecule has 1 aliphatic heterocycles. The molecule has 1 aromatic carbocycles. The summed E-state index contributed by atoms with van der Waals surface area (Å²) in [5, 5.41) is 9.02. The molecule has 8 nitrogen and oxygen atoms in total. The smallest absolute Gasteiger partial charge is 0.309 e. The Bertz CT molecular complexity index is 1060. The molecule has 166 valence electrons. The molecule has 4 rings (SSSR count). The van der Waals surface area contributed by atoms with Gasteiger partial charge in [0.25, 0.3) is 5.91 Å². The minimum Gasteiger partial charge on any atom is -0.481 e. The zero-order chi connectivity index (χ0) is 22.9. The quantitative estimate of drug-likeness (QED) is 0.393. The average molecular weight is 551 g/mol. The van der Waals surface area contributed by atoms with E-state index in [2.05, 4.69) is 10.9 Å². The molecule has 3 N–H and O–H groups in total. The fourth-order valence-corrected chi connectivity index (χ4v) is 6.87. The topological polar surface area (TPSA) is 114 Å². The number of ether oxygens (including phenoxy) is 2. The molecule has 1 aromatic rings. The highest BCUT2D eigenvalue weighted by molar-refractivity contribution is 6.66.